The Bertz CT molecular complexity index is 232. The Hall–Kier alpha value is -0.830. The molecule has 11 heavy (non-hydrogen) atoms. The molecule has 0 saturated carbocycles. The van der Waals surface area contributed by atoms with Gasteiger partial charge in [-0.2, -0.15) is 0 Å². The van der Waals surface area contributed by atoms with Crippen molar-refractivity contribution in [3.8, 4) is 0 Å². The minimum atomic E-state index is -0.285. The Labute approximate surface area is 67.2 Å². The van der Waals surface area contributed by atoms with E-state index in [1.54, 1.807) is 0 Å². The second-order valence-electron chi connectivity index (χ2n) is 3.29. The van der Waals surface area contributed by atoms with Gasteiger partial charge in [0.1, 0.15) is 0 Å². The lowest BCUT2D eigenvalue weighted by Crippen LogP contribution is -2.31. The Balaban J connectivity index is 3.02. The summed E-state index contributed by atoms with van der Waals surface area (Å²) < 4.78 is 2.06. The molecule has 0 amide bonds. The Kier molecular flexibility index (Phi) is 2.00. The highest BCUT2D eigenvalue weighted by Crippen LogP contribution is 2.15. The average molecular weight is 153 g/mol. The standard InChI is InChI=1S/C8H15N3/c1-4-11-6-10-5-7(11)8(2,3)9/h5-6H,4,9H2,1-3H3. The fourth-order valence-corrected chi connectivity index (χ4v) is 1.11. The zero-order chi connectivity index (χ0) is 8.48. The van der Waals surface area contributed by atoms with Crippen LogP contribution in [-0.4, -0.2) is 9.55 Å². The lowest BCUT2D eigenvalue weighted by atomic mass is 10.0. The third-order valence-electron chi connectivity index (χ3n) is 1.71. The van der Waals surface area contributed by atoms with E-state index in [1.165, 1.54) is 0 Å². The van der Waals surface area contributed by atoms with Crippen LogP contribution in [0, 0.1) is 0 Å². The molecule has 0 bridgehead atoms. The molecule has 0 aromatic carbocycles. The molecule has 1 heterocycles. The quantitative estimate of drug-likeness (QED) is 0.691. The van der Waals surface area contributed by atoms with Crippen molar-refractivity contribution in [3.05, 3.63) is 18.2 Å². The van der Waals surface area contributed by atoms with E-state index in [0.717, 1.165) is 12.2 Å². The fourth-order valence-electron chi connectivity index (χ4n) is 1.11. The van der Waals surface area contributed by atoms with E-state index >= 15 is 0 Å². The van der Waals surface area contributed by atoms with E-state index < -0.39 is 0 Å². The van der Waals surface area contributed by atoms with Gasteiger partial charge in [0.25, 0.3) is 0 Å². The first-order valence-electron chi connectivity index (χ1n) is 3.85. The Morgan fingerprint density at radius 3 is 2.64 bits per heavy atom. The first-order valence-corrected chi connectivity index (χ1v) is 3.85. The van der Waals surface area contributed by atoms with Gasteiger partial charge in [-0.1, -0.05) is 0 Å². The van der Waals surface area contributed by atoms with Crippen LogP contribution in [0.3, 0.4) is 0 Å². The zero-order valence-corrected chi connectivity index (χ0v) is 7.33. The van der Waals surface area contributed by atoms with Gasteiger partial charge < -0.3 is 10.3 Å². The van der Waals surface area contributed by atoms with Crippen molar-refractivity contribution < 1.29 is 0 Å². The van der Waals surface area contributed by atoms with E-state index in [-0.39, 0.29) is 5.54 Å². The SMILES string of the molecule is CCn1cncc1C(C)(C)N. The average Bonchev–Trinajstić information content (AvgIpc) is 2.31. The van der Waals surface area contributed by atoms with E-state index in [9.17, 15) is 0 Å². The molecule has 0 aliphatic carbocycles. The molecule has 0 atom stereocenters. The number of aromatic nitrogens is 2. The smallest absolute Gasteiger partial charge is 0.0948 e. The summed E-state index contributed by atoms with van der Waals surface area (Å²) in [5, 5.41) is 0. The number of nitrogens with zero attached hydrogens (tertiary/aromatic N) is 2. The van der Waals surface area contributed by atoms with Gasteiger partial charge >= 0.3 is 0 Å². The molecule has 3 nitrogen and oxygen atoms in total. The molecule has 0 aliphatic heterocycles. The molecule has 1 rings (SSSR count). The summed E-state index contributed by atoms with van der Waals surface area (Å²) >= 11 is 0. The molecule has 0 aliphatic rings. The molecular formula is C8H15N3. The van der Waals surface area contributed by atoms with Gasteiger partial charge in [-0.3, -0.25) is 0 Å². The van der Waals surface area contributed by atoms with Crippen LogP contribution in [0.15, 0.2) is 12.5 Å². The first kappa shape index (κ1) is 8.27. The summed E-state index contributed by atoms with van der Waals surface area (Å²) in [6, 6.07) is 0. The molecule has 1 aromatic rings. The van der Waals surface area contributed by atoms with Crippen LogP contribution in [0.5, 0.6) is 0 Å². The Morgan fingerprint density at radius 2 is 2.27 bits per heavy atom. The highest BCUT2D eigenvalue weighted by molar-refractivity contribution is 5.09. The highest BCUT2D eigenvalue weighted by Gasteiger charge is 2.17. The molecule has 0 radical (unpaired) electrons. The largest absolute Gasteiger partial charge is 0.333 e. The maximum atomic E-state index is 5.92. The molecule has 0 unspecified atom stereocenters. The number of hydrogen-bond donors (Lipinski definition) is 1. The number of nitrogens with two attached hydrogens (primary N) is 1. The first-order chi connectivity index (χ1) is 5.05. The Morgan fingerprint density at radius 1 is 1.64 bits per heavy atom. The summed E-state index contributed by atoms with van der Waals surface area (Å²) in [5.41, 5.74) is 6.71. The van der Waals surface area contributed by atoms with Crippen LogP contribution in [0.25, 0.3) is 0 Å². The van der Waals surface area contributed by atoms with E-state index in [0.29, 0.717) is 0 Å². The predicted molar refractivity (Wildman–Crippen MR) is 45.1 cm³/mol. The lowest BCUT2D eigenvalue weighted by Gasteiger charge is -2.19. The summed E-state index contributed by atoms with van der Waals surface area (Å²) in [6.45, 7) is 6.97. The lowest BCUT2D eigenvalue weighted by molar-refractivity contribution is 0.499. The van der Waals surface area contributed by atoms with Crippen LogP contribution < -0.4 is 5.73 Å². The molecule has 0 saturated heterocycles. The third kappa shape index (κ3) is 1.60. The van der Waals surface area contributed by atoms with Crippen LogP contribution in [0.4, 0.5) is 0 Å². The second kappa shape index (κ2) is 2.66. The number of rotatable bonds is 2. The molecular weight excluding hydrogens is 138 g/mol. The van der Waals surface area contributed by atoms with Crippen LogP contribution in [-0.2, 0) is 12.1 Å². The van der Waals surface area contributed by atoms with E-state index in [1.807, 2.05) is 26.4 Å². The molecule has 3 heteroatoms. The van der Waals surface area contributed by atoms with Crippen molar-refractivity contribution in [2.75, 3.05) is 0 Å². The molecule has 62 valence electrons. The van der Waals surface area contributed by atoms with Gasteiger partial charge in [0, 0.05) is 12.7 Å². The summed E-state index contributed by atoms with van der Waals surface area (Å²) in [5.74, 6) is 0. The van der Waals surface area contributed by atoms with E-state index in [4.69, 9.17) is 5.73 Å². The van der Waals surface area contributed by atoms with Gasteiger partial charge in [0.05, 0.1) is 17.6 Å². The molecule has 1 aromatic heterocycles. The summed E-state index contributed by atoms with van der Waals surface area (Å²) in [4.78, 5) is 4.04. The second-order valence-corrected chi connectivity index (χ2v) is 3.29. The van der Waals surface area contributed by atoms with Gasteiger partial charge in [0.2, 0.25) is 0 Å². The van der Waals surface area contributed by atoms with Crippen molar-refractivity contribution in [2.45, 2.75) is 32.9 Å². The summed E-state index contributed by atoms with van der Waals surface area (Å²) in [7, 11) is 0. The normalized spacial score (nSPS) is 12.0. The molecule has 2 N–H and O–H groups in total. The fraction of sp³-hybridized carbons (Fsp3) is 0.625. The van der Waals surface area contributed by atoms with Gasteiger partial charge in [0.15, 0.2) is 0 Å². The van der Waals surface area contributed by atoms with Gasteiger partial charge in [-0.25, -0.2) is 4.98 Å². The number of aryl methyl sites for hydroxylation is 1. The van der Waals surface area contributed by atoms with Crippen molar-refractivity contribution in [1.82, 2.24) is 9.55 Å². The highest BCUT2D eigenvalue weighted by atomic mass is 15.1. The topological polar surface area (TPSA) is 43.8 Å². The minimum Gasteiger partial charge on any atom is -0.333 e. The molecule has 0 fully saturated rings. The van der Waals surface area contributed by atoms with Crippen molar-refractivity contribution in [2.24, 2.45) is 5.73 Å². The number of imidazole rings is 1. The maximum absolute atomic E-state index is 5.92. The van der Waals surface area contributed by atoms with Gasteiger partial charge in [-0.05, 0) is 20.8 Å². The van der Waals surface area contributed by atoms with Crippen molar-refractivity contribution in [1.29, 1.82) is 0 Å². The predicted octanol–water partition coefficient (Wildman–Crippen LogP) is 1.10. The van der Waals surface area contributed by atoms with E-state index in [2.05, 4.69) is 16.5 Å². The summed E-state index contributed by atoms with van der Waals surface area (Å²) in [6.07, 6.45) is 3.63. The zero-order valence-electron chi connectivity index (χ0n) is 7.33. The van der Waals surface area contributed by atoms with Crippen LogP contribution in [0.1, 0.15) is 26.5 Å². The monoisotopic (exact) mass is 153 g/mol. The van der Waals surface area contributed by atoms with Crippen molar-refractivity contribution >= 4 is 0 Å². The van der Waals surface area contributed by atoms with Crippen LogP contribution >= 0.6 is 0 Å². The van der Waals surface area contributed by atoms with Crippen LogP contribution in [0.2, 0.25) is 0 Å². The third-order valence-corrected chi connectivity index (χ3v) is 1.71. The minimum absolute atomic E-state index is 0.285. The molecule has 0 spiro atoms. The maximum Gasteiger partial charge on any atom is 0.0948 e. The number of hydrogen-bond acceptors (Lipinski definition) is 2. The van der Waals surface area contributed by atoms with Gasteiger partial charge in [-0.15, -0.1) is 0 Å². The van der Waals surface area contributed by atoms with Crippen molar-refractivity contribution in [3.63, 3.8) is 0 Å².